The van der Waals surface area contributed by atoms with E-state index in [-0.39, 0.29) is 17.6 Å². The summed E-state index contributed by atoms with van der Waals surface area (Å²) in [6.45, 7) is 0.437. The lowest BCUT2D eigenvalue weighted by atomic mass is 10.1. The van der Waals surface area contributed by atoms with Crippen LogP contribution in [0.5, 0.6) is 5.75 Å². The summed E-state index contributed by atoms with van der Waals surface area (Å²) in [6, 6.07) is 19.1. The highest BCUT2D eigenvalue weighted by molar-refractivity contribution is 5.93. The van der Waals surface area contributed by atoms with Gasteiger partial charge in [-0.25, -0.2) is 0 Å². The summed E-state index contributed by atoms with van der Waals surface area (Å²) >= 11 is 0. The van der Waals surface area contributed by atoms with Gasteiger partial charge in [0.2, 0.25) is 0 Å². The van der Waals surface area contributed by atoms with Crippen LogP contribution < -0.4 is 10.1 Å². The summed E-state index contributed by atoms with van der Waals surface area (Å²) in [5.41, 5.74) is 2.20. The average Bonchev–Trinajstić information content (AvgIpc) is 3.19. The highest BCUT2D eigenvalue weighted by Gasteiger charge is 2.18. The number of hydrogen-bond donors (Lipinski definition) is 1. The molecule has 27 heavy (non-hydrogen) atoms. The molecule has 0 saturated carbocycles. The Kier molecular flexibility index (Phi) is 5.88. The van der Waals surface area contributed by atoms with Crippen molar-refractivity contribution in [1.29, 1.82) is 0 Å². The molecule has 1 heterocycles. The SMILES string of the molecule is COc1cccc([C@H](CNC(=O)c2cc(-c3ccccc3)on2)N(C)C)c1. The van der Waals surface area contributed by atoms with Gasteiger partial charge in [0.1, 0.15) is 5.75 Å². The summed E-state index contributed by atoms with van der Waals surface area (Å²) in [4.78, 5) is 14.5. The molecule has 1 amide bonds. The van der Waals surface area contributed by atoms with E-state index in [9.17, 15) is 4.79 Å². The Morgan fingerprint density at radius 2 is 1.93 bits per heavy atom. The molecule has 3 aromatic rings. The molecule has 3 rings (SSSR count). The second-order valence-corrected chi connectivity index (χ2v) is 6.41. The Morgan fingerprint density at radius 1 is 1.15 bits per heavy atom. The molecule has 0 aliphatic heterocycles. The van der Waals surface area contributed by atoms with E-state index in [0.717, 1.165) is 16.9 Å². The molecule has 1 aromatic heterocycles. The summed E-state index contributed by atoms with van der Waals surface area (Å²) in [5.74, 6) is 1.09. The zero-order chi connectivity index (χ0) is 19.2. The first-order valence-electron chi connectivity index (χ1n) is 8.69. The molecule has 0 unspecified atom stereocenters. The van der Waals surface area contributed by atoms with E-state index in [4.69, 9.17) is 9.26 Å². The third kappa shape index (κ3) is 4.54. The molecule has 0 bridgehead atoms. The molecule has 6 nitrogen and oxygen atoms in total. The van der Waals surface area contributed by atoms with Crippen LogP contribution in [0.3, 0.4) is 0 Å². The van der Waals surface area contributed by atoms with Crippen LogP contribution in [0.2, 0.25) is 0 Å². The van der Waals surface area contributed by atoms with Gasteiger partial charge in [-0.1, -0.05) is 47.6 Å². The molecule has 1 atom stereocenters. The molecule has 140 valence electrons. The molecule has 1 N–H and O–H groups in total. The van der Waals surface area contributed by atoms with Crippen molar-refractivity contribution in [2.45, 2.75) is 6.04 Å². The molecule has 2 aromatic carbocycles. The third-order valence-electron chi connectivity index (χ3n) is 4.36. The number of nitrogens with zero attached hydrogens (tertiary/aromatic N) is 2. The Morgan fingerprint density at radius 3 is 2.63 bits per heavy atom. The van der Waals surface area contributed by atoms with Crippen LogP contribution in [-0.2, 0) is 0 Å². The molecule has 0 fully saturated rings. The van der Waals surface area contributed by atoms with Crippen molar-refractivity contribution < 1.29 is 14.1 Å². The van der Waals surface area contributed by atoms with E-state index in [0.29, 0.717) is 12.3 Å². The Labute approximate surface area is 158 Å². The van der Waals surface area contributed by atoms with Crippen molar-refractivity contribution in [3.63, 3.8) is 0 Å². The highest BCUT2D eigenvalue weighted by Crippen LogP contribution is 2.23. The quantitative estimate of drug-likeness (QED) is 0.695. The fraction of sp³-hybridized carbons (Fsp3) is 0.238. The van der Waals surface area contributed by atoms with Crippen LogP contribution in [-0.4, -0.2) is 43.7 Å². The van der Waals surface area contributed by atoms with Crippen molar-refractivity contribution in [3.05, 3.63) is 71.9 Å². The second kappa shape index (κ2) is 8.51. The number of likely N-dealkylation sites (N-methyl/N-ethyl adjacent to an activating group) is 1. The molecule has 0 aliphatic rings. The predicted molar refractivity (Wildman–Crippen MR) is 104 cm³/mol. The van der Waals surface area contributed by atoms with Gasteiger partial charge in [0.05, 0.1) is 13.2 Å². The van der Waals surface area contributed by atoms with Gasteiger partial charge in [0.25, 0.3) is 5.91 Å². The molecule has 0 saturated heterocycles. The van der Waals surface area contributed by atoms with Crippen LogP contribution in [0.4, 0.5) is 0 Å². The monoisotopic (exact) mass is 365 g/mol. The molecule has 0 spiro atoms. The largest absolute Gasteiger partial charge is 0.497 e. The average molecular weight is 365 g/mol. The lowest BCUT2D eigenvalue weighted by Crippen LogP contribution is -2.34. The topological polar surface area (TPSA) is 67.6 Å². The first-order valence-corrected chi connectivity index (χ1v) is 8.69. The van der Waals surface area contributed by atoms with Gasteiger partial charge in [0.15, 0.2) is 11.5 Å². The minimum absolute atomic E-state index is 0.00421. The molecule has 0 aliphatic carbocycles. The van der Waals surface area contributed by atoms with Gasteiger partial charge in [-0.3, -0.25) is 4.79 Å². The van der Waals surface area contributed by atoms with Crippen molar-refractivity contribution in [2.75, 3.05) is 27.7 Å². The first kappa shape index (κ1) is 18.7. The van der Waals surface area contributed by atoms with E-state index < -0.39 is 0 Å². The van der Waals surface area contributed by atoms with E-state index in [1.165, 1.54) is 0 Å². The van der Waals surface area contributed by atoms with Crippen LogP contribution >= 0.6 is 0 Å². The lowest BCUT2D eigenvalue weighted by Gasteiger charge is -2.25. The molecular formula is C21H23N3O3. The van der Waals surface area contributed by atoms with E-state index >= 15 is 0 Å². The summed E-state index contributed by atoms with van der Waals surface area (Å²) in [5, 5.41) is 6.83. The van der Waals surface area contributed by atoms with Crippen LogP contribution in [0, 0.1) is 0 Å². The maximum Gasteiger partial charge on any atom is 0.273 e. The normalized spacial score (nSPS) is 12.0. The van der Waals surface area contributed by atoms with Gasteiger partial charge >= 0.3 is 0 Å². The summed E-state index contributed by atoms with van der Waals surface area (Å²) in [6.07, 6.45) is 0. The van der Waals surface area contributed by atoms with E-state index in [1.54, 1.807) is 13.2 Å². The van der Waals surface area contributed by atoms with Crippen molar-refractivity contribution in [2.24, 2.45) is 0 Å². The number of nitrogens with one attached hydrogen (secondary N) is 1. The summed E-state index contributed by atoms with van der Waals surface area (Å²) in [7, 11) is 5.58. The van der Waals surface area contributed by atoms with Gasteiger partial charge in [0, 0.05) is 18.2 Å². The number of ether oxygens (including phenoxy) is 1. The standard InChI is InChI=1S/C21H23N3O3/c1-24(2)19(16-10-7-11-17(12-16)26-3)14-22-21(25)18-13-20(27-23-18)15-8-5-4-6-9-15/h4-13,19H,14H2,1-3H3,(H,22,25)/t19-/m0/s1. The van der Waals surface area contributed by atoms with Crippen LogP contribution in [0.1, 0.15) is 22.1 Å². The first-order chi connectivity index (χ1) is 13.1. The lowest BCUT2D eigenvalue weighted by molar-refractivity contribution is 0.0933. The van der Waals surface area contributed by atoms with Gasteiger partial charge < -0.3 is 19.5 Å². The van der Waals surface area contributed by atoms with E-state index in [2.05, 4.69) is 10.5 Å². The number of benzene rings is 2. The fourth-order valence-electron chi connectivity index (χ4n) is 2.85. The van der Waals surface area contributed by atoms with Crippen molar-refractivity contribution in [1.82, 2.24) is 15.4 Å². The molecule has 6 heteroatoms. The fourth-order valence-corrected chi connectivity index (χ4v) is 2.85. The zero-order valence-corrected chi connectivity index (χ0v) is 15.7. The number of rotatable bonds is 7. The minimum atomic E-state index is -0.268. The molecule has 0 radical (unpaired) electrons. The number of carbonyl (C=O) groups excluding carboxylic acids is 1. The van der Waals surface area contributed by atoms with Gasteiger partial charge in [-0.15, -0.1) is 0 Å². The van der Waals surface area contributed by atoms with Crippen LogP contribution in [0.25, 0.3) is 11.3 Å². The van der Waals surface area contributed by atoms with Gasteiger partial charge in [-0.2, -0.15) is 0 Å². The minimum Gasteiger partial charge on any atom is -0.497 e. The Balaban J connectivity index is 1.69. The highest BCUT2D eigenvalue weighted by atomic mass is 16.5. The number of methoxy groups -OCH3 is 1. The van der Waals surface area contributed by atoms with Crippen molar-refractivity contribution in [3.8, 4) is 17.1 Å². The maximum absolute atomic E-state index is 12.5. The van der Waals surface area contributed by atoms with Crippen molar-refractivity contribution >= 4 is 5.91 Å². The zero-order valence-electron chi connectivity index (χ0n) is 15.7. The van der Waals surface area contributed by atoms with Gasteiger partial charge in [-0.05, 0) is 31.8 Å². The second-order valence-electron chi connectivity index (χ2n) is 6.41. The maximum atomic E-state index is 12.5. The predicted octanol–water partition coefficient (Wildman–Crippen LogP) is 3.38. The van der Waals surface area contributed by atoms with Crippen LogP contribution in [0.15, 0.2) is 65.2 Å². The third-order valence-corrected chi connectivity index (χ3v) is 4.36. The number of hydrogen-bond acceptors (Lipinski definition) is 5. The number of carbonyl (C=O) groups is 1. The Hall–Kier alpha value is -3.12. The number of amides is 1. The Bertz CT molecular complexity index is 890. The smallest absolute Gasteiger partial charge is 0.273 e. The number of aromatic nitrogens is 1. The van der Waals surface area contributed by atoms with E-state index in [1.807, 2.05) is 73.6 Å². The summed E-state index contributed by atoms with van der Waals surface area (Å²) < 4.78 is 10.6. The molecular weight excluding hydrogens is 342 g/mol.